The Hall–Kier alpha value is -0.705. The summed E-state index contributed by atoms with van der Waals surface area (Å²) in [5, 5.41) is 0. The second-order valence-electron chi connectivity index (χ2n) is 7.35. The minimum Gasteiger partial charge on any atom is -0.399 e. The van der Waals surface area contributed by atoms with Gasteiger partial charge in [-0.25, -0.2) is 4.39 Å². The Balaban J connectivity index is 0.00000139. The summed E-state index contributed by atoms with van der Waals surface area (Å²) in [5.41, 5.74) is -1.16. The molecule has 7 heteroatoms. The van der Waals surface area contributed by atoms with E-state index < -0.39 is 37.4 Å². The van der Waals surface area contributed by atoms with Crippen molar-refractivity contribution in [3.05, 3.63) is 23.8 Å². The maximum absolute atomic E-state index is 14.4. The van der Waals surface area contributed by atoms with Gasteiger partial charge in [0, 0.05) is 5.46 Å². The molecule has 3 nitrogen and oxygen atoms in total. The van der Waals surface area contributed by atoms with E-state index >= 15 is 0 Å². The van der Waals surface area contributed by atoms with Crippen molar-refractivity contribution in [2.75, 3.05) is 20.0 Å². The van der Waals surface area contributed by atoms with Crippen molar-refractivity contribution >= 4 is 20.1 Å². The van der Waals surface area contributed by atoms with Crippen molar-refractivity contribution in [1.82, 2.24) is 0 Å². The Labute approximate surface area is 145 Å². The Morgan fingerprint density at radius 1 is 0.917 bits per heavy atom. The highest BCUT2D eigenvalue weighted by Gasteiger charge is 2.52. The van der Waals surface area contributed by atoms with Crippen LogP contribution in [0.15, 0.2) is 12.1 Å². The lowest BCUT2D eigenvalue weighted by Crippen LogP contribution is -2.41. The molecular formula is C17H29BF2O3P+. The second kappa shape index (κ2) is 7.27. The van der Waals surface area contributed by atoms with Gasteiger partial charge in [0.15, 0.2) is 13.3 Å². The fourth-order valence-corrected chi connectivity index (χ4v) is 2.80. The highest BCUT2D eigenvalue weighted by molar-refractivity contribution is 7.69. The number of halogens is 2. The average Bonchev–Trinajstić information content (AvgIpc) is 2.65. The van der Waals surface area contributed by atoms with Gasteiger partial charge < -0.3 is 13.8 Å². The van der Waals surface area contributed by atoms with Gasteiger partial charge >= 0.3 is 7.12 Å². The van der Waals surface area contributed by atoms with Gasteiger partial charge in [0.25, 0.3) is 0 Å². The van der Waals surface area contributed by atoms with E-state index in [4.69, 9.17) is 13.8 Å². The Morgan fingerprint density at radius 2 is 1.38 bits per heavy atom. The zero-order chi connectivity index (χ0) is 18.9. The standard InChI is InChI=1S/C15H23BF2O3P.C2H6/c1-14(2)15(3,4)21-16(20-14)10-8-9-11(13(18)12(10)17)19-22(5,6)7;1-2/h8-9H,1-7H3;1-2H3/q+1;. The first-order valence-electron chi connectivity index (χ1n) is 8.19. The first kappa shape index (κ1) is 21.3. The van der Waals surface area contributed by atoms with Gasteiger partial charge in [-0.1, -0.05) is 19.9 Å². The zero-order valence-corrected chi connectivity index (χ0v) is 17.1. The lowest BCUT2D eigenvalue weighted by molar-refractivity contribution is 0.00578. The monoisotopic (exact) mass is 361 g/mol. The predicted molar refractivity (Wildman–Crippen MR) is 98.7 cm³/mol. The third kappa shape index (κ3) is 4.47. The number of benzene rings is 1. The third-order valence-electron chi connectivity index (χ3n) is 3.96. The van der Waals surface area contributed by atoms with E-state index in [9.17, 15) is 8.78 Å². The van der Waals surface area contributed by atoms with E-state index in [0.717, 1.165) is 0 Å². The fourth-order valence-electron chi connectivity index (χ4n) is 2.06. The molecule has 0 spiro atoms. The van der Waals surface area contributed by atoms with E-state index in [0.29, 0.717) is 0 Å². The van der Waals surface area contributed by atoms with Crippen LogP contribution in [0, 0.1) is 11.6 Å². The van der Waals surface area contributed by atoms with Crippen LogP contribution in [0.4, 0.5) is 8.78 Å². The SMILES string of the molecule is CC.CC1(C)OB(c2ccc(O[P+](C)(C)C)c(F)c2F)OC1(C)C. The molecule has 1 saturated heterocycles. The first-order chi connectivity index (χ1) is 10.8. The van der Waals surface area contributed by atoms with Gasteiger partial charge in [-0.2, -0.15) is 4.39 Å². The largest absolute Gasteiger partial charge is 0.497 e. The fraction of sp³-hybridized carbons (Fsp3) is 0.647. The van der Waals surface area contributed by atoms with E-state index in [1.807, 2.05) is 61.5 Å². The second-order valence-corrected chi connectivity index (χ2v) is 11.3. The van der Waals surface area contributed by atoms with E-state index in [-0.39, 0.29) is 11.2 Å². The van der Waals surface area contributed by atoms with Gasteiger partial charge in [0.05, 0.1) is 31.2 Å². The number of rotatable bonds is 3. The van der Waals surface area contributed by atoms with Crippen molar-refractivity contribution in [3.8, 4) is 5.75 Å². The van der Waals surface area contributed by atoms with Gasteiger partial charge in [-0.05, 0) is 33.8 Å². The van der Waals surface area contributed by atoms with Gasteiger partial charge in [0.2, 0.25) is 11.6 Å². The summed E-state index contributed by atoms with van der Waals surface area (Å²) in [6.45, 7) is 17.1. The molecule has 0 radical (unpaired) electrons. The van der Waals surface area contributed by atoms with Crippen LogP contribution in [0.3, 0.4) is 0 Å². The Kier molecular flexibility index (Phi) is 6.46. The average molecular weight is 361 g/mol. The first-order valence-corrected chi connectivity index (χ1v) is 11.2. The normalized spacial score (nSPS) is 18.9. The van der Waals surface area contributed by atoms with Crippen LogP contribution in [0.5, 0.6) is 5.75 Å². The number of hydrogen-bond acceptors (Lipinski definition) is 3. The van der Waals surface area contributed by atoms with Crippen LogP contribution in [0.1, 0.15) is 41.5 Å². The molecule has 136 valence electrons. The maximum Gasteiger partial charge on any atom is 0.497 e. The number of hydrogen-bond donors (Lipinski definition) is 0. The minimum atomic E-state index is -1.74. The van der Waals surface area contributed by atoms with E-state index in [2.05, 4.69) is 0 Å². The quantitative estimate of drug-likeness (QED) is 0.587. The summed E-state index contributed by atoms with van der Waals surface area (Å²) in [4.78, 5) is 0. The molecule has 24 heavy (non-hydrogen) atoms. The van der Waals surface area contributed by atoms with Crippen LogP contribution in [0.2, 0.25) is 0 Å². The topological polar surface area (TPSA) is 27.7 Å². The molecule has 0 aliphatic carbocycles. The molecule has 0 amide bonds. The molecule has 0 unspecified atom stereocenters. The van der Waals surface area contributed by atoms with Crippen LogP contribution in [0.25, 0.3) is 0 Å². The summed E-state index contributed by atoms with van der Waals surface area (Å²) in [6.07, 6.45) is 0. The molecule has 0 aromatic heterocycles. The summed E-state index contributed by atoms with van der Waals surface area (Å²) in [6, 6.07) is 2.90. The van der Waals surface area contributed by atoms with Gasteiger partial charge in [-0.3, -0.25) is 0 Å². The lowest BCUT2D eigenvalue weighted by Gasteiger charge is -2.32. The van der Waals surface area contributed by atoms with Crippen LogP contribution in [-0.4, -0.2) is 38.3 Å². The molecule has 1 aliphatic rings. The molecule has 1 heterocycles. The lowest BCUT2D eigenvalue weighted by atomic mass is 9.78. The molecule has 0 saturated carbocycles. The van der Waals surface area contributed by atoms with Crippen LogP contribution >= 0.6 is 7.49 Å². The molecule has 0 bridgehead atoms. The van der Waals surface area contributed by atoms with Crippen LogP contribution < -0.4 is 9.99 Å². The van der Waals surface area contributed by atoms with Crippen molar-refractivity contribution in [2.24, 2.45) is 0 Å². The molecule has 1 fully saturated rings. The summed E-state index contributed by atoms with van der Waals surface area (Å²) in [7, 11) is -2.67. The molecule has 1 aliphatic heterocycles. The van der Waals surface area contributed by atoms with Crippen LogP contribution in [-0.2, 0) is 9.31 Å². The van der Waals surface area contributed by atoms with Crippen molar-refractivity contribution < 1.29 is 22.6 Å². The van der Waals surface area contributed by atoms with Gasteiger partial charge in [0.1, 0.15) is 0 Å². The van der Waals surface area contributed by atoms with E-state index in [1.165, 1.54) is 12.1 Å². The third-order valence-corrected chi connectivity index (χ3v) is 4.70. The predicted octanol–water partition coefficient (Wildman–Crippen LogP) is 4.49. The zero-order valence-electron chi connectivity index (χ0n) is 16.2. The maximum atomic E-state index is 14.4. The molecule has 2 rings (SSSR count). The Bertz CT molecular complexity index is 570. The van der Waals surface area contributed by atoms with Gasteiger partial charge in [-0.15, -0.1) is 0 Å². The smallest absolute Gasteiger partial charge is 0.399 e. The molecule has 1 aromatic carbocycles. The van der Waals surface area contributed by atoms with Crippen molar-refractivity contribution in [2.45, 2.75) is 52.7 Å². The highest BCUT2D eigenvalue weighted by Crippen LogP contribution is 2.48. The molecule has 1 aromatic rings. The summed E-state index contributed by atoms with van der Waals surface area (Å²) in [5.74, 6) is -2.05. The minimum absolute atomic E-state index is 0.0516. The summed E-state index contributed by atoms with van der Waals surface area (Å²) < 4.78 is 45.7. The molecule has 0 N–H and O–H groups in total. The molecule has 0 atom stereocenters. The van der Waals surface area contributed by atoms with Crippen molar-refractivity contribution in [1.29, 1.82) is 0 Å². The highest BCUT2D eigenvalue weighted by atomic mass is 31.2. The molecular weight excluding hydrogens is 332 g/mol. The Morgan fingerprint density at radius 3 is 1.79 bits per heavy atom. The van der Waals surface area contributed by atoms with E-state index in [1.54, 1.807) is 0 Å². The van der Waals surface area contributed by atoms with Crippen molar-refractivity contribution in [3.63, 3.8) is 0 Å². The summed E-state index contributed by atoms with van der Waals surface area (Å²) >= 11 is 0.